The Hall–Kier alpha value is -2.56. The number of aromatic nitrogens is 1. The molecule has 5 heteroatoms. The first kappa shape index (κ1) is 15.3. The summed E-state index contributed by atoms with van der Waals surface area (Å²) in [5.41, 5.74) is 1.97. The van der Waals surface area contributed by atoms with Gasteiger partial charge in [0.05, 0.1) is 13.2 Å². The molecule has 0 bridgehead atoms. The number of aryl methyl sites for hydroxylation is 1. The van der Waals surface area contributed by atoms with E-state index in [1.165, 1.54) is 6.92 Å². The Morgan fingerprint density at radius 2 is 2.13 bits per heavy atom. The lowest BCUT2D eigenvalue weighted by molar-refractivity contribution is 0.0448. The normalized spacial score (nSPS) is 16.3. The van der Waals surface area contributed by atoms with Crippen LogP contribution in [0.2, 0.25) is 0 Å². The van der Waals surface area contributed by atoms with Gasteiger partial charge >= 0.3 is 5.97 Å². The predicted octanol–water partition coefficient (Wildman–Crippen LogP) is 2.95. The summed E-state index contributed by atoms with van der Waals surface area (Å²) in [6.07, 6.45) is 2.46. The number of fused-ring (bicyclic) bond motifs is 1. The second kappa shape index (κ2) is 6.28. The molecule has 2 heterocycles. The Morgan fingerprint density at radius 3 is 2.87 bits per heavy atom. The maximum absolute atomic E-state index is 12.3. The summed E-state index contributed by atoms with van der Waals surface area (Å²) in [6.45, 7) is 2.40. The van der Waals surface area contributed by atoms with Crippen molar-refractivity contribution in [1.29, 1.82) is 0 Å². The van der Waals surface area contributed by atoms with Crippen molar-refractivity contribution in [2.45, 2.75) is 19.3 Å². The van der Waals surface area contributed by atoms with Crippen LogP contribution in [0.3, 0.4) is 0 Å². The maximum Gasteiger partial charge on any atom is 0.354 e. The van der Waals surface area contributed by atoms with Crippen molar-refractivity contribution in [2.24, 2.45) is 7.05 Å². The van der Waals surface area contributed by atoms with Gasteiger partial charge in [-0.1, -0.05) is 18.2 Å². The van der Waals surface area contributed by atoms with Gasteiger partial charge in [-0.3, -0.25) is 4.79 Å². The van der Waals surface area contributed by atoms with Crippen molar-refractivity contribution in [3.63, 3.8) is 0 Å². The van der Waals surface area contributed by atoms with Crippen molar-refractivity contribution in [2.75, 3.05) is 13.2 Å². The molecule has 1 aromatic carbocycles. The summed E-state index contributed by atoms with van der Waals surface area (Å²) >= 11 is 0. The van der Waals surface area contributed by atoms with Crippen LogP contribution in [0.1, 0.15) is 45.7 Å². The van der Waals surface area contributed by atoms with E-state index in [0.29, 0.717) is 24.5 Å². The minimum absolute atomic E-state index is 0.0713. The van der Waals surface area contributed by atoms with Crippen LogP contribution in [0.4, 0.5) is 0 Å². The summed E-state index contributed by atoms with van der Waals surface area (Å²) in [6, 6.07) is 9.39. The van der Waals surface area contributed by atoms with Gasteiger partial charge in [0.15, 0.2) is 5.78 Å². The van der Waals surface area contributed by atoms with E-state index in [-0.39, 0.29) is 11.7 Å². The first-order valence-electron chi connectivity index (χ1n) is 7.62. The minimum Gasteiger partial charge on any atom is -0.493 e. The number of carbonyl (C=O) groups is 2. The predicted molar refractivity (Wildman–Crippen MR) is 85.0 cm³/mol. The van der Waals surface area contributed by atoms with E-state index in [1.54, 1.807) is 23.9 Å². The minimum atomic E-state index is -0.413. The number of benzene rings is 1. The van der Waals surface area contributed by atoms with Crippen LogP contribution < -0.4 is 4.74 Å². The van der Waals surface area contributed by atoms with E-state index in [4.69, 9.17) is 9.47 Å². The van der Waals surface area contributed by atoms with Gasteiger partial charge in [-0.25, -0.2) is 4.79 Å². The van der Waals surface area contributed by atoms with E-state index in [0.717, 1.165) is 17.7 Å². The highest BCUT2D eigenvalue weighted by Crippen LogP contribution is 2.33. The number of hydrogen-bond donors (Lipinski definition) is 0. The first-order valence-corrected chi connectivity index (χ1v) is 7.62. The smallest absolute Gasteiger partial charge is 0.354 e. The summed E-state index contributed by atoms with van der Waals surface area (Å²) < 4.78 is 12.7. The molecule has 0 aliphatic carbocycles. The van der Waals surface area contributed by atoms with Crippen LogP contribution in [0.25, 0.3) is 0 Å². The molecule has 0 N–H and O–H groups in total. The molecule has 0 saturated heterocycles. The van der Waals surface area contributed by atoms with E-state index < -0.39 is 5.97 Å². The molecule has 1 aliphatic heterocycles. The molecule has 23 heavy (non-hydrogen) atoms. The third-order valence-corrected chi connectivity index (χ3v) is 4.12. The zero-order valence-corrected chi connectivity index (χ0v) is 13.2. The number of Topliss-reactive ketones (excluding diaryl/α,β-unsaturated/α-hetero) is 1. The fourth-order valence-electron chi connectivity index (χ4n) is 2.80. The maximum atomic E-state index is 12.3. The molecule has 0 saturated carbocycles. The molecular weight excluding hydrogens is 294 g/mol. The zero-order valence-electron chi connectivity index (χ0n) is 13.2. The van der Waals surface area contributed by atoms with Crippen LogP contribution in [-0.2, 0) is 11.8 Å². The standard InChI is InChI=1S/C18H19NO4/c1-12(20)14-9-16(19(2)10-14)18(21)23-11-13-7-8-22-17-6-4-3-5-15(13)17/h3-6,9-10,13H,7-8,11H2,1-2H3/t13-/m0/s1. The van der Waals surface area contributed by atoms with E-state index >= 15 is 0 Å². The first-order chi connectivity index (χ1) is 11.1. The monoisotopic (exact) mass is 313 g/mol. The fraction of sp³-hybridized carbons (Fsp3) is 0.333. The van der Waals surface area contributed by atoms with Gasteiger partial charge in [0, 0.05) is 30.3 Å². The van der Waals surface area contributed by atoms with Gasteiger partial charge in [0.2, 0.25) is 0 Å². The number of nitrogens with zero attached hydrogens (tertiary/aromatic N) is 1. The molecule has 3 rings (SSSR count). The lowest BCUT2D eigenvalue weighted by Crippen LogP contribution is -2.20. The highest BCUT2D eigenvalue weighted by atomic mass is 16.5. The molecule has 5 nitrogen and oxygen atoms in total. The van der Waals surface area contributed by atoms with E-state index in [2.05, 4.69) is 0 Å². The summed E-state index contributed by atoms with van der Waals surface area (Å²) in [5, 5.41) is 0. The lowest BCUT2D eigenvalue weighted by Gasteiger charge is -2.25. The Morgan fingerprint density at radius 1 is 1.35 bits per heavy atom. The zero-order chi connectivity index (χ0) is 16.4. The van der Waals surface area contributed by atoms with Gasteiger partial charge in [-0.2, -0.15) is 0 Å². The molecule has 0 fully saturated rings. The number of hydrogen-bond acceptors (Lipinski definition) is 4. The molecule has 120 valence electrons. The van der Waals surface area contributed by atoms with Crippen molar-refractivity contribution in [3.8, 4) is 5.75 Å². The highest BCUT2D eigenvalue weighted by molar-refractivity contribution is 5.97. The van der Waals surface area contributed by atoms with Crippen LogP contribution in [0.5, 0.6) is 5.75 Å². The third-order valence-electron chi connectivity index (χ3n) is 4.12. The Labute approximate surface area is 134 Å². The van der Waals surface area contributed by atoms with Crippen LogP contribution in [0.15, 0.2) is 36.5 Å². The van der Waals surface area contributed by atoms with Gasteiger partial charge in [0.25, 0.3) is 0 Å². The average molecular weight is 313 g/mol. The van der Waals surface area contributed by atoms with Crippen molar-refractivity contribution < 1.29 is 19.1 Å². The van der Waals surface area contributed by atoms with Crippen molar-refractivity contribution >= 4 is 11.8 Å². The summed E-state index contributed by atoms with van der Waals surface area (Å²) in [7, 11) is 1.73. The largest absolute Gasteiger partial charge is 0.493 e. The Bertz CT molecular complexity index is 747. The third kappa shape index (κ3) is 3.13. The molecule has 1 atom stereocenters. The van der Waals surface area contributed by atoms with Crippen LogP contribution in [-0.4, -0.2) is 29.5 Å². The fourth-order valence-corrected chi connectivity index (χ4v) is 2.80. The molecule has 1 aliphatic rings. The van der Waals surface area contributed by atoms with Gasteiger partial charge in [0.1, 0.15) is 11.4 Å². The number of ether oxygens (including phenoxy) is 2. The average Bonchev–Trinajstić information content (AvgIpc) is 2.95. The van der Waals surface area contributed by atoms with E-state index in [1.807, 2.05) is 24.3 Å². The molecular formula is C18H19NO4. The lowest BCUT2D eigenvalue weighted by atomic mass is 9.94. The second-order valence-electron chi connectivity index (χ2n) is 5.75. The number of esters is 1. The number of carbonyl (C=O) groups excluding carboxylic acids is 2. The number of rotatable bonds is 4. The quantitative estimate of drug-likeness (QED) is 0.643. The van der Waals surface area contributed by atoms with E-state index in [9.17, 15) is 9.59 Å². The van der Waals surface area contributed by atoms with Crippen molar-refractivity contribution in [1.82, 2.24) is 4.57 Å². The molecule has 1 aromatic heterocycles. The SMILES string of the molecule is CC(=O)c1cc(C(=O)OC[C@@H]2CCOc3ccccc32)n(C)c1. The Kier molecular flexibility index (Phi) is 4.19. The van der Waals surface area contributed by atoms with Crippen LogP contribution >= 0.6 is 0 Å². The van der Waals surface area contributed by atoms with Crippen molar-refractivity contribution in [3.05, 3.63) is 53.3 Å². The summed E-state index contributed by atoms with van der Waals surface area (Å²) in [4.78, 5) is 23.7. The van der Waals surface area contributed by atoms with Gasteiger partial charge in [-0.15, -0.1) is 0 Å². The van der Waals surface area contributed by atoms with Gasteiger partial charge in [-0.05, 0) is 25.5 Å². The molecule has 0 amide bonds. The molecule has 0 radical (unpaired) electrons. The van der Waals surface area contributed by atoms with Gasteiger partial charge < -0.3 is 14.0 Å². The second-order valence-corrected chi connectivity index (χ2v) is 5.75. The molecule has 2 aromatic rings. The number of ketones is 1. The molecule has 0 unspecified atom stereocenters. The topological polar surface area (TPSA) is 57.5 Å². The summed E-state index contributed by atoms with van der Waals surface area (Å²) in [5.74, 6) is 0.510. The number of para-hydroxylation sites is 1. The Balaban J connectivity index is 1.69. The highest BCUT2D eigenvalue weighted by Gasteiger charge is 2.23. The van der Waals surface area contributed by atoms with Crippen LogP contribution in [0, 0.1) is 0 Å². The molecule has 0 spiro atoms.